The summed E-state index contributed by atoms with van der Waals surface area (Å²) in [5.41, 5.74) is 1.31. The molecule has 3 N–H and O–H groups in total. The van der Waals surface area contributed by atoms with Gasteiger partial charge in [0, 0.05) is 28.8 Å². The summed E-state index contributed by atoms with van der Waals surface area (Å²) in [6, 6.07) is 5.51. The highest BCUT2D eigenvalue weighted by atomic mass is 32.2. The van der Waals surface area contributed by atoms with Crippen LogP contribution in [0.2, 0.25) is 0 Å². The Morgan fingerprint density at radius 1 is 1.26 bits per heavy atom. The molecule has 0 unspecified atom stereocenters. The van der Waals surface area contributed by atoms with Crippen molar-refractivity contribution >= 4 is 35.4 Å². The first-order valence-corrected chi connectivity index (χ1v) is 8.88. The van der Waals surface area contributed by atoms with E-state index in [4.69, 9.17) is 10.1 Å². The minimum absolute atomic E-state index is 0.123. The van der Waals surface area contributed by atoms with Crippen molar-refractivity contribution in [1.29, 1.82) is 5.41 Å². The van der Waals surface area contributed by atoms with Gasteiger partial charge in [-0.05, 0) is 53.0 Å². The van der Waals surface area contributed by atoms with Crippen molar-refractivity contribution < 1.29 is 9.53 Å². The lowest BCUT2D eigenvalue weighted by molar-refractivity contribution is 0.0636. The van der Waals surface area contributed by atoms with Gasteiger partial charge in [0.25, 0.3) is 0 Å². The molecule has 128 valence electrons. The van der Waals surface area contributed by atoms with Crippen molar-refractivity contribution in [2.45, 2.75) is 45.8 Å². The molecule has 0 saturated heterocycles. The van der Waals surface area contributed by atoms with E-state index in [0.717, 1.165) is 11.4 Å². The molecule has 0 aliphatic rings. The first-order valence-electron chi connectivity index (χ1n) is 7.48. The second kappa shape index (κ2) is 7.73. The van der Waals surface area contributed by atoms with E-state index in [1.54, 1.807) is 17.8 Å². The molecule has 0 saturated carbocycles. The molecule has 0 fully saturated rings. The van der Waals surface area contributed by atoms with Crippen LogP contribution >= 0.6 is 11.8 Å². The van der Waals surface area contributed by atoms with Gasteiger partial charge in [0.05, 0.1) is 5.69 Å². The largest absolute Gasteiger partial charge is 0.444 e. The minimum Gasteiger partial charge on any atom is -0.444 e. The maximum Gasteiger partial charge on any atom is 0.412 e. The lowest BCUT2D eigenvalue weighted by Crippen LogP contribution is -2.34. The van der Waals surface area contributed by atoms with Crippen molar-refractivity contribution in [1.82, 2.24) is 0 Å². The Morgan fingerprint density at radius 2 is 1.87 bits per heavy atom. The highest BCUT2D eigenvalue weighted by Crippen LogP contribution is 2.27. The maximum atomic E-state index is 12.0. The average molecular weight is 337 g/mol. The molecule has 1 rings (SSSR count). The van der Waals surface area contributed by atoms with E-state index >= 15 is 0 Å². The van der Waals surface area contributed by atoms with Crippen molar-refractivity contribution in [3.63, 3.8) is 0 Å². The number of rotatable bonds is 6. The van der Waals surface area contributed by atoms with Gasteiger partial charge in [-0.1, -0.05) is 6.07 Å². The Balaban J connectivity index is 3.01. The lowest BCUT2D eigenvalue weighted by Gasteiger charge is -2.28. The zero-order valence-electron chi connectivity index (χ0n) is 14.7. The summed E-state index contributed by atoms with van der Waals surface area (Å²) in [7, 11) is 0. The Kier molecular flexibility index (Phi) is 6.50. The average Bonchev–Trinajstić information content (AvgIpc) is 2.35. The molecule has 6 heteroatoms. The molecule has 0 bridgehead atoms. The fourth-order valence-electron chi connectivity index (χ4n) is 2.11. The molecular formula is C17H27N3O2S. The summed E-state index contributed by atoms with van der Waals surface area (Å²) >= 11 is 1.75. The normalized spacial score (nSPS) is 11.7. The summed E-state index contributed by atoms with van der Waals surface area (Å²) < 4.78 is 5.27. The zero-order valence-corrected chi connectivity index (χ0v) is 15.6. The number of nitrogens with one attached hydrogen (secondary N) is 3. The van der Waals surface area contributed by atoms with E-state index in [1.165, 1.54) is 6.21 Å². The third-order valence-corrected chi connectivity index (χ3v) is 3.87. The van der Waals surface area contributed by atoms with Gasteiger partial charge in [0.15, 0.2) is 0 Å². The van der Waals surface area contributed by atoms with Gasteiger partial charge in [-0.2, -0.15) is 11.8 Å². The summed E-state index contributed by atoms with van der Waals surface area (Å²) in [5.74, 6) is 0.925. The van der Waals surface area contributed by atoms with E-state index in [9.17, 15) is 4.79 Å². The molecule has 1 aromatic carbocycles. The van der Waals surface area contributed by atoms with Gasteiger partial charge in [0.1, 0.15) is 5.60 Å². The molecule has 0 aliphatic carbocycles. The van der Waals surface area contributed by atoms with E-state index in [1.807, 2.05) is 32.9 Å². The number of carbonyl (C=O) groups excluding carboxylic acids is 1. The van der Waals surface area contributed by atoms with Crippen LogP contribution in [-0.2, 0) is 4.74 Å². The third kappa shape index (κ3) is 6.52. The molecule has 5 nitrogen and oxygen atoms in total. The topological polar surface area (TPSA) is 74.2 Å². The summed E-state index contributed by atoms with van der Waals surface area (Å²) in [6.45, 7) is 9.64. The van der Waals surface area contributed by atoms with Crippen LogP contribution in [0.4, 0.5) is 16.2 Å². The number of anilines is 2. The van der Waals surface area contributed by atoms with Gasteiger partial charge < -0.3 is 15.5 Å². The number of carbonyl (C=O) groups is 1. The molecule has 1 amide bonds. The lowest BCUT2D eigenvalue weighted by atomic mass is 10.1. The number of hydrogen-bond donors (Lipinski definition) is 3. The highest BCUT2D eigenvalue weighted by Gasteiger charge is 2.20. The first-order chi connectivity index (χ1) is 10.6. The van der Waals surface area contributed by atoms with E-state index in [0.29, 0.717) is 11.3 Å². The predicted molar refractivity (Wildman–Crippen MR) is 100 cm³/mol. The quantitative estimate of drug-likeness (QED) is 0.664. The Bertz CT molecular complexity index is 565. The number of benzene rings is 1. The monoisotopic (exact) mass is 337 g/mol. The molecule has 0 aromatic heterocycles. The van der Waals surface area contributed by atoms with Gasteiger partial charge in [0.2, 0.25) is 0 Å². The fourth-order valence-corrected chi connectivity index (χ4v) is 2.91. The molecule has 0 heterocycles. The molecular weight excluding hydrogens is 310 g/mol. The van der Waals surface area contributed by atoms with Gasteiger partial charge in [-0.3, -0.25) is 5.32 Å². The molecule has 0 atom stereocenters. The molecule has 0 spiro atoms. The zero-order chi connectivity index (χ0) is 17.7. The van der Waals surface area contributed by atoms with E-state index in [2.05, 4.69) is 30.7 Å². The maximum absolute atomic E-state index is 12.0. The Morgan fingerprint density at radius 3 is 2.39 bits per heavy atom. The molecule has 0 aliphatic heterocycles. The van der Waals surface area contributed by atoms with E-state index < -0.39 is 11.7 Å². The van der Waals surface area contributed by atoms with Gasteiger partial charge in [-0.15, -0.1) is 0 Å². The third-order valence-electron chi connectivity index (χ3n) is 2.86. The van der Waals surface area contributed by atoms with Crippen molar-refractivity contribution in [3.8, 4) is 0 Å². The number of thioether (sulfide) groups is 1. The second-order valence-corrected chi connectivity index (χ2v) is 7.85. The molecule has 23 heavy (non-hydrogen) atoms. The Labute approximate surface area is 143 Å². The van der Waals surface area contributed by atoms with Crippen LogP contribution in [0, 0.1) is 5.41 Å². The van der Waals surface area contributed by atoms with Crippen molar-refractivity contribution in [2.75, 3.05) is 22.6 Å². The second-order valence-electron chi connectivity index (χ2n) is 6.98. The van der Waals surface area contributed by atoms with Gasteiger partial charge in [-0.25, -0.2) is 4.79 Å². The number of ether oxygens (including phenoxy) is 1. The van der Waals surface area contributed by atoms with Crippen molar-refractivity contribution in [3.05, 3.63) is 23.8 Å². The highest BCUT2D eigenvalue weighted by molar-refractivity contribution is 7.98. The van der Waals surface area contributed by atoms with Gasteiger partial charge >= 0.3 is 6.09 Å². The van der Waals surface area contributed by atoms with Crippen LogP contribution in [0.1, 0.15) is 40.2 Å². The van der Waals surface area contributed by atoms with Crippen LogP contribution in [0.5, 0.6) is 0 Å². The summed E-state index contributed by atoms with van der Waals surface area (Å²) in [5, 5.41) is 13.9. The summed E-state index contributed by atoms with van der Waals surface area (Å²) in [4.78, 5) is 12.0. The first kappa shape index (κ1) is 19.4. The fraction of sp³-hybridized carbons (Fsp3) is 0.529. The number of amides is 1. The summed E-state index contributed by atoms with van der Waals surface area (Å²) in [6.07, 6.45) is 2.77. The van der Waals surface area contributed by atoms with E-state index in [-0.39, 0.29) is 5.54 Å². The smallest absolute Gasteiger partial charge is 0.412 e. The predicted octanol–water partition coefficient (Wildman–Crippen LogP) is 4.58. The molecule has 1 aromatic rings. The van der Waals surface area contributed by atoms with Crippen molar-refractivity contribution in [2.24, 2.45) is 0 Å². The van der Waals surface area contributed by atoms with Crippen LogP contribution in [0.3, 0.4) is 0 Å². The van der Waals surface area contributed by atoms with Crippen LogP contribution < -0.4 is 10.6 Å². The number of hydrogen-bond acceptors (Lipinski definition) is 5. The Hall–Kier alpha value is -1.69. The van der Waals surface area contributed by atoms with Crippen LogP contribution in [0.15, 0.2) is 18.2 Å². The van der Waals surface area contributed by atoms with Crippen LogP contribution in [0.25, 0.3) is 0 Å². The molecule has 0 radical (unpaired) electrons. The SMILES string of the molecule is CSCC(C)(C)Nc1cccc(NC(=O)OC(C)(C)C)c1C=N. The standard InChI is InChI=1S/C17H27N3O2S/c1-16(2,3)22-15(21)19-13-8-7-9-14(12(13)10-18)20-17(4,5)11-23-6/h7-10,18,20H,11H2,1-6H3,(H,19,21). The minimum atomic E-state index is -0.564. The van der Waals surface area contributed by atoms with Crippen LogP contribution in [-0.4, -0.2) is 35.5 Å².